The number of hydrogen-bond donors (Lipinski definition) is 2. The second-order valence-electron chi connectivity index (χ2n) is 5.58. The Kier molecular flexibility index (Phi) is 3.76. The zero-order valence-corrected chi connectivity index (χ0v) is 13.5. The smallest absolute Gasteiger partial charge is 0.322 e. The molecule has 24 heavy (non-hydrogen) atoms. The highest BCUT2D eigenvalue weighted by Gasteiger charge is 2.16. The van der Waals surface area contributed by atoms with E-state index < -0.39 is 11.2 Å². The number of para-hydroxylation sites is 1. The van der Waals surface area contributed by atoms with Crippen LogP contribution in [0, 0.1) is 13.8 Å². The van der Waals surface area contributed by atoms with Crippen LogP contribution < -0.4 is 16.6 Å². The molecule has 0 bridgehead atoms. The van der Waals surface area contributed by atoms with Gasteiger partial charge in [0.2, 0.25) is 0 Å². The van der Waals surface area contributed by atoms with E-state index in [-0.39, 0.29) is 22.5 Å². The summed E-state index contributed by atoms with van der Waals surface area (Å²) in [5.41, 5.74) is 1.48. The Morgan fingerprint density at radius 3 is 2.62 bits per heavy atom. The van der Waals surface area contributed by atoms with Crippen LogP contribution in [0.1, 0.15) is 21.6 Å². The molecule has 0 unspecified atom stereocenters. The Labute approximate surface area is 137 Å². The van der Waals surface area contributed by atoms with Crippen LogP contribution in [0.25, 0.3) is 11.0 Å². The summed E-state index contributed by atoms with van der Waals surface area (Å²) < 4.78 is 1.24. The maximum Gasteiger partial charge on any atom is 0.329 e. The number of anilines is 1. The van der Waals surface area contributed by atoms with Gasteiger partial charge in [-0.3, -0.25) is 19.1 Å². The van der Waals surface area contributed by atoms with Crippen LogP contribution in [0.2, 0.25) is 0 Å². The van der Waals surface area contributed by atoms with Crippen LogP contribution in [-0.2, 0) is 7.05 Å². The van der Waals surface area contributed by atoms with Crippen molar-refractivity contribution in [1.82, 2.24) is 14.5 Å². The van der Waals surface area contributed by atoms with Gasteiger partial charge in [-0.1, -0.05) is 18.2 Å². The third kappa shape index (κ3) is 2.60. The highest BCUT2D eigenvalue weighted by Crippen LogP contribution is 2.17. The van der Waals surface area contributed by atoms with Crippen molar-refractivity contribution < 1.29 is 4.79 Å². The molecule has 3 rings (SSSR count). The molecule has 3 aromatic rings. The largest absolute Gasteiger partial charge is 0.329 e. The van der Waals surface area contributed by atoms with Gasteiger partial charge >= 0.3 is 5.69 Å². The Morgan fingerprint density at radius 2 is 1.92 bits per heavy atom. The van der Waals surface area contributed by atoms with Crippen LogP contribution in [0.3, 0.4) is 0 Å². The van der Waals surface area contributed by atoms with Gasteiger partial charge in [-0.05, 0) is 31.5 Å². The summed E-state index contributed by atoms with van der Waals surface area (Å²) in [6.07, 6.45) is 0. The predicted octanol–water partition coefficient (Wildman–Crippen LogP) is 1.49. The fourth-order valence-electron chi connectivity index (χ4n) is 2.49. The minimum atomic E-state index is -0.564. The van der Waals surface area contributed by atoms with Crippen LogP contribution in [0.15, 0.2) is 39.9 Å². The molecule has 0 saturated carbocycles. The fraction of sp³-hybridized carbons (Fsp3) is 0.176. The van der Waals surface area contributed by atoms with Crippen molar-refractivity contribution in [3.05, 3.63) is 68.0 Å². The number of rotatable bonds is 2. The highest BCUT2D eigenvalue weighted by molar-refractivity contribution is 6.06. The molecule has 7 nitrogen and oxygen atoms in total. The van der Waals surface area contributed by atoms with Crippen molar-refractivity contribution in [2.75, 3.05) is 5.32 Å². The van der Waals surface area contributed by atoms with E-state index in [1.165, 1.54) is 17.7 Å². The molecular formula is C17H16N4O3. The van der Waals surface area contributed by atoms with E-state index in [9.17, 15) is 14.4 Å². The number of aromatic nitrogens is 3. The Hall–Kier alpha value is -3.22. The summed E-state index contributed by atoms with van der Waals surface area (Å²) in [6.45, 7) is 3.56. The number of hydrogen-bond acceptors (Lipinski definition) is 4. The van der Waals surface area contributed by atoms with Gasteiger partial charge in [-0.15, -0.1) is 0 Å². The first kappa shape index (κ1) is 15.7. The number of amides is 1. The van der Waals surface area contributed by atoms with Gasteiger partial charge in [0.25, 0.3) is 11.5 Å². The fourth-order valence-corrected chi connectivity index (χ4v) is 2.49. The number of aromatic amines is 1. The van der Waals surface area contributed by atoms with E-state index >= 15 is 0 Å². The average molecular weight is 324 g/mol. The first-order valence-electron chi connectivity index (χ1n) is 7.36. The Bertz CT molecular complexity index is 1080. The molecule has 2 aromatic heterocycles. The molecule has 1 aromatic carbocycles. The SMILES string of the molecule is Cc1ccccc1NC(=O)c1cc2c(=O)[nH]c(=O)n(C)c2nc1C. The second-order valence-corrected chi connectivity index (χ2v) is 5.58. The maximum atomic E-state index is 12.6. The molecule has 0 fully saturated rings. The van der Waals surface area contributed by atoms with Gasteiger partial charge in [0, 0.05) is 12.7 Å². The monoisotopic (exact) mass is 324 g/mol. The molecule has 1 amide bonds. The predicted molar refractivity (Wildman–Crippen MR) is 91.5 cm³/mol. The number of aryl methyl sites for hydroxylation is 3. The molecular weight excluding hydrogens is 308 g/mol. The van der Waals surface area contributed by atoms with Crippen molar-refractivity contribution >= 4 is 22.6 Å². The standard InChI is InChI=1S/C17H16N4O3/c1-9-6-4-5-7-13(9)19-15(22)11-8-12-14(18-10(11)2)21(3)17(24)20-16(12)23/h4-8H,1-3H3,(H,19,22)(H,20,23,24). The first-order valence-corrected chi connectivity index (χ1v) is 7.36. The minimum Gasteiger partial charge on any atom is -0.322 e. The van der Waals surface area contributed by atoms with Crippen LogP contribution in [-0.4, -0.2) is 20.4 Å². The van der Waals surface area contributed by atoms with Gasteiger partial charge in [0.1, 0.15) is 5.65 Å². The highest BCUT2D eigenvalue weighted by atomic mass is 16.2. The van der Waals surface area contributed by atoms with Crippen molar-refractivity contribution in [1.29, 1.82) is 0 Å². The number of nitrogens with zero attached hydrogens (tertiary/aromatic N) is 2. The summed E-state index contributed by atoms with van der Waals surface area (Å²) in [6, 6.07) is 8.86. The molecule has 122 valence electrons. The number of pyridine rings is 1. The summed E-state index contributed by atoms with van der Waals surface area (Å²) in [4.78, 5) is 42.7. The van der Waals surface area contributed by atoms with Gasteiger partial charge in [0.15, 0.2) is 0 Å². The lowest BCUT2D eigenvalue weighted by Crippen LogP contribution is -2.29. The number of carbonyl (C=O) groups is 1. The van der Waals surface area contributed by atoms with Crippen LogP contribution >= 0.6 is 0 Å². The van der Waals surface area contributed by atoms with Crippen LogP contribution in [0.4, 0.5) is 5.69 Å². The van der Waals surface area contributed by atoms with E-state index in [1.807, 2.05) is 25.1 Å². The number of H-pyrrole nitrogens is 1. The quantitative estimate of drug-likeness (QED) is 0.746. The number of benzene rings is 1. The lowest BCUT2D eigenvalue weighted by molar-refractivity contribution is 0.102. The zero-order chi connectivity index (χ0) is 17.4. The normalized spacial score (nSPS) is 10.8. The Morgan fingerprint density at radius 1 is 1.21 bits per heavy atom. The summed E-state index contributed by atoms with van der Waals surface area (Å²) in [5, 5.41) is 3.01. The minimum absolute atomic E-state index is 0.192. The lowest BCUT2D eigenvalue weighted by Gasteiger charge is -2.11. The summed E-state index contributed by atoms with van der Waals surface area (Å²) >= 11 is 0. The number of carbonyl (C=O) groups excluding carboxylic acids is 1. The molecule has 0 aliphatic carbocycles. The van der Waals surface area contributed by atoms with E-state index in [0.29, 0.717) is 11.4 Å². The van der Waals surface area contributed by atoms with Gasteiger partial charge in [-0.2, -0.15) is 0 Å². The molecule has 2 heterocycles. The molecule has 0 aliphatic heterocycles. The molecule has 0 atom stereocenters. The molecule has 0 spiro atoms. The van der Waals surface area contributed by atoms with Crippen molar-refractivity contribution in [3.63, 3.8) is 0 Å². The van der Waals surface area contributed by atoms with Crippen LogP contribution in [0.5, 0.6) is 0 Å². The lowest BCUT2D eigenvalue weighted by atomic mass is 10.1. The van der Waals surface area contributed by atoms with E-state index in [2.05, 4.69) is 15.3 Å². The average Bonchev–Trinajstić information content (AvgIpc) is 2.54. The second kappa shape index (κ2) is 5.77. The molecule has 0 saturated heterocycles. The van der Waals surface area contributed by atoms with Crippen molar-refractivity contribution in [2.45, 2.75) is 13.8 Å². The molecule has 7 heteroatoms. The zero-order valence-electron chi connectivity index (χ0n) is 13.5. The summed E-state index contributed by atoms with van der Waals surface area (Å²) in [5.74, 6) is -0.357. The van der Waals surface area contributed by atoms with Gasteiger partial charge in [-0.25, -0.2) is 9.78 Å². The maximum absolute atomic E-state index is 12.6. The summed E-state index contributed by atoms with van der Waals surface area (Å²) in [7, 11) is 1.51. The van der Waals surface area contributed by atoms with E-state index in [1.54, 1.807) is 13.0 Å². The molecule has 2 N–H and O–H groups in total. The van der Waals surface area contributed by atoms with E-state index in [0.717, 1.165) is 5.56 Å². The van der Waals surface area contributed by atoms with E-state index in [4.69, 9.17) is 0 Å². The topological polar surface area (TPSA) is 96.9 Å². The Balaban J connectivity index is 2.12. The number of fused-ring (bicyclic) bond motifs is 1. The third-order valence-corrected chi connectivity index (χ3v) is 3.92. The van der Waals surface area contributed by atoms with Gasteiger partial charge in [0.05, 0.1) is 16.6 Å². The first-order chi connectivity index (χ1) is 11.4. The third-order valence-electron chi connectivity index (χ3n) is 3.92. The van der Waals surface area contributed by atoms with Crippen molar-refractivity contribution in [2.24, 2.45) is 7.05 Å². The van der Waals surface area contributed by atoms with Crippen molar-refractivity contribution in [3.8, 4) is 0 Å². The molecule has 0 radical (unpaired) electrons. The van der Waals surface area contributed by atoms with Gasteiger partial charge < -0.3 is 5.32 Å². The molecule has 0 aliphatic rings. The number of nitrogens with one attached hydrogen (secondary N) is 2.